The number of para-hydroxylation sites is 2. The van der Waals surface area contributed by atoms with Crippen LogP contribution in [0.5, 0.6) is 0 Å². The molecule has 0 saturated carbocycles. The number of β-amino-alcohol motifs (C(OH)–C–C–N with tert-alkyl or cyclic N) is 1. The van der Waals surface area contributed by atoms with Crippen LogP contribution in [0.15, 0.2) is 24.3 Å². The van der Waals surface area contributed by atoms with E-state index in [1.807, 2.05) is 24.3 Å². The maximum Gasteiger partial charge on any atom is 0.204 e. The molecule has 2 aromatic rings. The number of aromatic amines is 1. The maximum atomic E-state index is 9.92. The quantitative estimate of drug-likeness (QED) is 0.866. The summed E-state index contributed by atoms with van der Waals surface area (Å²) < 4.78 is 0. The molecule has 1 fully saturated rings. The van der Waals surface area contributed by atoms with Crippen LogP contribution in [0.4, 0.5) is 5.95 Å². The summed E-state index contributed by atoms with van der Waals surface area (Å²) in [5.74, 6) is 0.865. The molecule has 0 radical (unpaired) electrons. The Morgan fingerprint density at radius 2 is 2.21 bits per heavy atom. The third-order valence-corrected chi connectivity index (χ3v) is 3.62. The molecular weight excluding hydrogens is 240 g/mol. The van der Waals surface area contributed by atoms with E-state index in [4.69, 9.17) is 0 Å². The smallest absolute Gasteiger partial charge is 0.204 e. The molecule has 2 unspecified atom stereocenters. The first-order valence-corrected chi connectivity index (χ1v) is 6.67. The van der Waals surface area contributed by atoms with Gasteiger partial charge in [0.15, 0.2) is 0 Å². The molecule has 0 bridgehead atoms. The molecule has 0 spiro atoms. The number of aliphatic hydroxyl groups is 1. The molecule has 0 aliphatic carbocycles. The van der Waals surface area contributed by atoms with Crippen LogP contribution >= 0.6 is 0 Å². The summed E-state index contributed by atoms with van der Waals surface area (Å²) in [6.07, 6.45) is 0.535. The fourth-order valence-electron chi connectivity index (χ4n) is 2.82. The van der Waals surface area contributed by atoms with Crippen molar-refractivity contribution in [2.75, 3.05) is 32.1 Å². The standard InChI is InChI=1S/C14H20N4O/c1-17(2)8-10-7-11(19)9-18(10)14-15-12-5-3-4-6-13(12)16-14/h3-6,10-11,19H,7-9H2,1-2H3,(H,15,16). The van der Waals surface area contributed by atoms with Gasteiger partial charge in [-0.15, -0.1) is 0 Å². The highest BCUT2D eigenvalue weighted by Gasteiger charge is 2.32. The molecule has 1 saturated heterocycles. The summed E-state index contributed by atoms with van der Waals surface area (Å²) in [7, 11) is 4.11. The summed E-state index contributed by atoms with van der Waals surface area (Å²) in [5.41, 5.74) is 2.02. The average molecular weight is 260 g/mol. The minimum absolute atomic E-state index is 0.266. The van der Waals surface area contributed by atoms with Crippen molar-refractivity contribution in [3.8, 4) is 0 Å². The van der Waals surface area contributed by atoms with Crippen LogP contribution < -0.4 is 4.90 Å². The van der Waals surface area contributed by atoms with Gasteiger partial charge in [-0.1, -0.05) is 12.1 Å². The summed E-state index contributed by atoms with van der Waals surface area (Å²) in [6.45, 7) is 1.58. The van der Waals surface area contributed by atoms with Crippen molar-refractivity contribution >= 4 is 17.0 Å². The number of hydrogen-bond donors (Lipinski definition) is 2. The molecule has 19 heavy (non-hydrogen) atoms. The van der Waals surface area contributed by atoms with E-state index in [1.54, 1.807) is 0 Å². The van der Waals surface area contributed by atoms with Gasteiger partial charge < -0.3 is 19.9 Å². The minimum atomic E-state index is -0.266. The van der Waals surface area contributed by atoms with Gasteiger partial charge in [-0.05, 0) is 32.6 Å². The average Bonchev–Trinajstić information content (AvgIpc) is 2.91. The molecule has 5 nitrogen and oxygen atoms in total. The lowest BCUT2D eigenvalue weighted by atomic mass is 10.2. The van der Waals surface area contributed by atoms with Gasteiger partial charge >= 0.3 is 0 Å². The number of aromatic nitrogens is 2. The van der Waals surface area contributed by atoms with Gasteiger partial charge in [0.25, 0.3) is 0 Å². The lowest BCUT2D eigenvalue weighted by molar-refractivity contribution is 0.191. The fraction of sp³-hybridized carbons (Fsp3) is 0.500. The molecule has 102 valence electrons. The number of fused-ring (bicyclic) bond motifs is 1. The topological polar surface area (TPSA) is 55.4 Å². The van der Waals surface area contributed by atoms with Crippen molar-refractivity contribution in [1.29, 1.82) is 0 Å². The molecule has 3 rings (SSSR count). The zero-order valence-electron chi connectivity index (χ0n) is 11.4. The number of likely N-dealkylation sites (N-methyl/N-ethyl adjacent to an activating group) is 1. The number of imidazole rings is 1. The van der Waals surface area contributed by atoms with Crippen LogP contribution in [-0.2, 0) is 0 Å². The van der Waals surface area contributed by atoms with Gasteiger partial charge in [-0.3, -0.25) is 0 Å². The first-order valence-electron chi connectivity index (χ1n) is 6.67. The summed E-state index contributed by atoms with van der Waals surface area (Å²) >= 11 is 0. The van der Waals surface area contributed by atoms with E-state index >= 15 is 0 Å². The van der Waals surface area contributed by atoms with Crippen LogP contribution in [0.3, 0.4) is 0 Å². The highest BCUT2D eigenvalue weighted by atomic mass is 16.3. The summed E-state index contributed by atoms with van der Waals surface area (Å²) in [6, 6.07) is 8.33. The largest absolute Gasteiger partial charge is 0.391 e. The van der Waals surface area contributed by atoms with Crippen LogP contribution in [0.25, 0.3) is 11.0 Å². The lowest BCUT2D eigenvalue weighted by Gasteiger charge is -2.26. The second-order valence-corrected chi connectivity index (χ2v) is 5.54. The Kier molecular flexibility index (Phi) is 3.16. The first kappa shape index (κ1) is 12.4. The SMILES string of the molecule is CN(C)CC1CC(O)CN1c1nc2ccccc2[nH]1. The predicted molar refractivity (Wildman–Crippen MR) is 76.4 cm³/mol. The number of aliphatic hydroxyl groups excluding tert-OH is 1. The number of anilines is 1. The zero-order valence-corrected chi connectivity index (χ0v) is 11.4. The molecule has 2 N–H and O–H groups in total. The maximum absolute atomic E-state index is 9.92. The van der Waals surface area contributed by atoms with Crippen LogP contribution in [-0.4, -0.2) is 59.3 Å². The summed E-state index contributed by atoms with van der Waals surface area (Å²) in [4.78, 5) is 12.3. The predicted octanol–water partition coefficient (Wildman–Crippen LogP) is 1.06. The van der Waals surface area contributed by atoms with Crippen LogP contribution in [0, 0.1) is 0 Å². The molecule has 1 aliphatic rings. The van der Waals surface area contributed by atoms with Gasteiger partial charge in [-0.25, -0.2) is 4.98 Å². The Morgan fingerprint density at radius 3 is 2.95 bits per heavy atom. The molecule has 5 heteroatoms. The van der Waals surface area contributed by atoms with Crippen LogP contribution in [0.1, 0.15) is 6.42 Å². The van der Waals surface area contributed by atoms with E-state index < -0.39 is 0 Å². The van der Waals surface area contributed by atoms with Crippen molar-refractivity contribution in [3.63, 3.8) is 0 Å². The molecule has 1 aromatic carbocycles. The van der Waals surface area contributed by atoms with Crippen molar-refractivity contribution < 1.29 is 5.11 Å². The number of H-pyrrole nitrogens is 1. The fourth-order valence-corrected chi connectivity index (χ4v) is 2.82. The first-order chi connectivity index (χ1) is 9.13. The molecule has 0 amide bonds. The molecular formula is C14H20N4O. The zero-order chi connectivity index (χ0) is 13.4. The second-order valence-electron chi connectivity index (χ2n) is 5.54. The van der Waals surface area contributed by atoms with Crippen molar-refractivity contribution in [1.82, 2.24) is 14.9 Å². The van der Waals surface area contributed by atoms with E-state index in [0.29, 0.717) is 12.6 Å². The lowest BCUT2D eigenvalue weighted by Crippen LogP contribution is -2.38. The van der Waals surface area contributed by atoms with E-state index in [1.165, 1.54) is 0 Å². The van der Waals surface area contributed by atoms with Crippen molar-refractivity contribution in [2.24, 2.45) is 0 Å². The van der Waals surface area contributed by atoms with Crippen molar-refractivity contribution in [2.45, 2.75) is 18.6 Å². The number of benzene rings is 1. The normalized spacial score (nSPS) is 23.7. The Hall–Kier alpha value is -1.59. The van der Waals surface area contributed by atoms with E-state index in [0.717, 1.165) is 29.9 Å². The van der Waals surface area contributed by atoms with Gasteiger partial charge in [0.1, 0.15) is 0 Å². The third-order valence-electron chi connectivity index (χ3n) is 3.62. The second kappa shape index (κ2) is 4.83. The highest BCUT2D eigenvalue weighted by molar-refractivity contribution is 5.77. The Morgan fingerprint density at radius 1 is 1.42 bits per heavy atom. The number of nitrogens with one attached hydrogen (secondary N) is 1. The summed E-state index contributed by atoms with van der Waals surface area (Å²) in [5, 5.41) is 9.92. The number of hydrogen-bond acceptors (Lipinski definition) is 4. The molecule has 2 heterocycles. The Balaban J connectivity index is 1.90. The Labute approximate surface area is 112 Å². The van der Waals surface area contributed by atoms with E-state index in [-0.39, 0.29) is 6.10 Å². The van der Waals surface area contributed by atoms with E-state index in [2.05, 4.69) is 33.9 Å². The van der Waals surface area contributed by atoms with Crippen molar-refractivity contribution in [3.05, 3.63) is 24.3 Å². The van der Waals surface area contributed by atoms with Crippen LogP contribution in [0.2, 0.25) is 0 Å². The molecule has 2 atom stereocenters. The monoisotopic (exact) mass is 260 g/mol. The Bertz CT molecular complexity index is 532. The van der Waals surface area contributed by atoms with Gasteiger partial charge in [0, 0.05) is 19.1 Å². The molecule has 1 aliphatic heterocycles. The third kappa shape index (κ3) is 2.43. The van der Waals surface area contributed by atoms with E-state index in [9.17, 15) is 5.11 Å². The minimum Gasteiger partial charge on any atom is -0.391 e. The number of nitrogens with zero attached hydrogens (tertiary/aromatic N) is 3. The van der Waals surface area contributed by atoms with Gasteiger partial charge in [-0.2, -0.15) is 0 Å². The van der Waals surface area contributed by atoms with Gasteiger partial charge in [0.2, 0.25) is 5.95 Å². The number of rotatable bonds is 3. The molecule has 1 aromatic heterocycles. The highest BCUT2D eigenvalue weighted by Crippen LogP contribution is 2.25. The van der Waals surface area contributed by atoms with Gasteiger partial charge in [0.05, 0.1) is 17.1 Å².